The number of halogens is 1. The number of benzene rings is 1. The van der Waals surface area contributed by atoms with Gasteiger partial charge in [-0.25, -0.2) is 0 Å². The molecule has 0 aliphatic carbocycles. The molecule has 1 rings (SSSR count). The summed E-state index contributed by atoms with van der Waals surface area (Å²) in [7, 11) is 1.57. The standard InChI is InChI=1S/C11H14BrNO/c1-4-11(13-14-3)9-6-5-8(2)7-10(9)12/h5-7H,4H2,1-3H3. The fourth-order valence-electron chi connectivity index (χ4n) is 1.27. The number of hydrogen-bond acceptors (Lipinski definition) is 2. The SMILES string of the molecule is CCC(=NOC)c1ccc(C)cc1Br. The number of hydrogen-bond donors (Lipinski definition) is 0. The van der Waals surface area contributed by atoms with Crippen molar-refractivity contribution in [2.75, 3.05) is 7.11 Å². The average Bonchev–Trinajstić information content (AvgIpc) is 2.15. The van der Waals surface area contributed by atoms with Gasteiger partial charge in [0, 0.05) is 10.0 Å². The lowest BCUT2D eigenvalue weighted by atomic mass is 10.1. The van der Waals surface area contributed by atoms with E-state index in [-0.39, 0.29) is 0 Å². The second-order valence-corrected chi connectivity index (χ2v) is 3.91. The Balaban J connectivity index is 3.11. The van der Waals surface area contributed by atoms with Crippen LogP contribution in [0.25, 0.3) is 0 Å². The summed E-state index contributed by atoms with van der Waals surface area (Å²) in [5.41, 5.74) is 3.29. The summed E-state index contributed by atoms with van der Waals surface area (Å²) in [6, 6.07) is 6.21. The molecular formula is C11H14BrNO. The Kier molecular flexibility index (Phi) is 4.14. The Morgan fingerprint density at radius 1 is 1.50 bits per heavy atom. The summed E-state index contributed by atoms with van der Waals surface area (Å²) >= 11 is 3.52. The summed E-state index contributed by atoms with van der Waals surface area (Å²) in [5, 5.41) is 3.99. The van der Waals surface area contributed by atoms with E-state index in [0.29, 0.717) is 0 Å². The van der Waals surface area contributed by atoms with Crippen LogP contribution in [-0.4, -0.2) is 12.8 Å². The molecule has 0 fully saturated rings. The maximum Gasteiger partial charge on any atom is 0.106 e. The van der Waals surface area contributed by atoms with Gasteiger partial charge in [-0.2, -0.15) is 0 Å². The van der Waals surface area contributed by atoms with Crippen LogP contribution in [0, 0.1) is 6.92 Å². The highest BCUT2D eigenvalue weighted by molar-refractivity contribution is 9.10. The molecule has 3 heteroatoms. The van der Waals surface area contributed by atoms with Crippen LogP contribution >= 0.6 is 15.9 Å². The van der Waals surface area contributed by atoms with Gasteiger partial charge in [-0.15, -0.1) is 0 Å². The van der Waals surface area contributed by atoms with Crippen LogP contribution in [0.3, 0.4) is 0 Å². The number of aryl methyl sites for hydroxylation is 1. The predicted molar refractivity (Wildman–Crippen MR) is 62.7 cm³/mol. The topological polar surface area (TPSA) is 21.6 Å². The summed E-state index contributed by atoms with van der Waals surface area (Å²) in [6.45, 7) is 4.12. The van der Waals surface area contributed by atoms with E-state index in [1.807, 2.05) is 0 Å². The Morgan fingerprint density at radius 3 is 2.71 bits per heavy atom. The lowest BCUT2D eigenvalue weighted by Gasteiger charge is -2.06. The highest BCUT2D eigenvalue weighted by atomic mass is 79.9. The largest absolute Gasteiger partial charge is 0.399 e. The van der Waals surface area contributed by atoms with Gasteiger partial charge in [0.25, 0.3) is 0 Å². The zero-order chi connectivity index (χ0) is 10.6. The monoisotopic (exact) mass is 255 g/mol. The zero-order valence-electron chi connectivity index (χ0n) is 8.67. The molecule has 0 aliphatic rings. The van der Waals surface area contributed by atoms with Gasteiger partial charge in [-0.3, -0.25) is 0 Å². The second-order valence-electron chi connectivity index (χ2n) is 3.06. The maximum atomic E-state index is 4.80. The van der Waals surface area contributed by atoms with Gasteiger partial charge in [-0.05, 0) is 25.0 Å². The summed E-state index contributed by atoms with van der Waals surface area (Å²) < 4.78 is 1.06. The third-order valence-corrected chi connectivity index (χ3v) is 2.63. The van der Waals surface area contributed by atoms with Crippen molar-refractivity contribution in [3.63, 3.8) is 0 Å². The zero-order valence-corrected chi connectivity index (χ0v) is 10.3. The van der Waals surface area contributed by atoms with E-state index in [1.54, 1.807) is 7.11 Å². The van der Waals surface area contributed by atoms with Crippen molar-refractivity contribution in [3.05, 3.63) is 33.8 Å². The molecular weight excluding hydrogens is 242 g/mol. The lowest BCUT2D eigenvalue weighted by Crippen LogP contribution is -2.01. The van der Waals surface area contributed by atoms with Crippen LogP contribution in [0.4, 0.5) is 0 Å². The van der Waals surface area contributed by atoms with Crippen LogP contribution in [0.5, 0.6) is 0 Å². The molecule has 14 heavy (non-hydrogen) atoms. The molecule has 0 atom stereocenters. The molecule has 1 aromatic rings. The van der Waals surface area contributed by atoms with E-state index in [9.17, 15) is 0 Å². The van der Waals surface area contributed by atoms with Crippen molar-refractivity contribution >= 4 is 21.6 Å². The summed E-state index contributed by atoms with van der Waals surface area (Å²) in [4.78, 5) is 4.80. The fraction of sp³-hybridized carbons (Fsp3) is 0.364. The van der Waals surface area contributed by atoms with E-state index in [0.717, 1.165) is 22.2 Å². The molecule has 0 saturated heterocycles. The third-order valence-electron chi connectivity index (χ3n) is 1.97. The van der Waals surface area contributed by atoms with Crippen LogP contribution in [0.15, 0.2) is 27.8 Å². The molecule has 76 valence electrons. The molecule has 0 radical (unpaired) electrons. The summed E-state index contributed by atoms with van der Waals surface area (Å²) in [5.74, 6) is 0. The van der Waals surface area contributed by atoms with E-state index in [1.165, 1.54) is 5.56 Å². The van der Waals surface area contributed by atoms with E-state index in [2.05, 4.69) is 53.1 Å². The average molecular weight is 256 g/mol. The van der Waals surface area contributed by atoms with Gasteiger partial charge < -0.3 is 4.84 Å². The molecule has 0 spiro atoms. The number of nitrogens with zero attached hydrogens (tertiary/aromatic N) is 1. The highest BCUT2D eigenvalue weighted by Gasteiger charge is 2.06. The predicted octanol–water partition coefficient (Wildman–Crippen LogP) is 3.52. The summed E-state index contributed by atoms with van der Waals surface area (Å²) in [6.07, 6.45) is 0.857. The Morgan fingerprint density at radius 2 is 2.21 bits per heavy atom. The first-order valence-corrected chi connectivity index (χ1v) is 5.35. The van der Waals surface area contributed by atoms with Crippen molar-refractivity contribution in [2.45, 2.75) is 20.3 Å². The first-order chi connectivity index (χ1) is 6.69. The molecule has 0 N–H and O–H groups in total. The Bertz CT molecular complexity index is 347. The van der Waals surface area contributed by atoms with Crippen molar-refractivity contribution in [1.29, 1.82) is 0 Å². The van der Waals surface area contributed by atoms with Crippen LogP contribution < -0.4 is 0 Å². The van der Waals surface area contributed by atoms with E-state index >= 15 is 0 Å². The Hall–Kier alpha value is -0.830. The molecule has 0 aromatic heterocycles. The minimum atomic E-state index is 0.857. The first kappa shape index (κ1) is 11.2. The first-order valence-electron chi connectivity index (χ1n) is 4.55. The Labute approximate surface area is 93.1 Å². The molecule has 0 unspecified atom stereocenters. The van der Waals surface area contributed by atoms with Gasteiger partial charge in [0.2, 0.25) is 0 Å². The minimum Gasteiger partial charge on any atom is -0.399 e. The normalized spacial score (nSPS) is 11.6. The molecule has 0 bridgehead atoms. The van der Waals surface area contributed by atoms with Crippen molar-refractivity contribution < 1.29 is 4.84 Å². The molecule has 0 saturated carbocycles. The molecule has 0 aliphatic heterocycles. The highest BCUT2D eigenvalue weighted by Crippen LogP contribution is 2.20. The van der Waals surface area contributed by atoms with Gasteiger partial charge >= 0.3 is 0 Å². The quantitative estimate of drug-likeness (QED) is 0.599. The van der Waals surface area contributed by atoms with Crippen molar-refractivity contribution in [3.8, 4) is 0 Å². The lowest BCUT2D eigenvalue weighted by molar-refractivity contribution is 0.213. The fourth-order valence-corrected chi connectivity index (χ4v) is 1.99. The van der Waals surface area contributed by atoms with E-state index in [4.69, 9.17) is 4.84 Å². The molecule has 2 nitrogen and oxygen atoms in total. The number of rotatable bonds is 3. The van der Waals surface area contributed by atoms with Crippen molar-refractivity contribution in [2.24, 2.45) is 5.16 Å². The smallest absolute Gasteiger partial charge is 0.106 e. The second kappa shape index (κ2) is 5.15. The third kappa shape index (κ3) is 2.58. The van der Waals surface area contributed by atoms with Gasteiger partial charge in [-0.1, -0.05) is 40.1 Å². The van der Waals surface area contributed by atoms with Gasteiger partial charge in [0.05, 0.1) is 5.71 Å². The van der Waals surface area contributed by atoms with Crippen LogP contribution in [-0.2, 0) is 4.84 Å². The molecule has 0 heterocycles. The molecule has 0 amide bonds. The van der Waals surface area contributed by atoms with Crippen LogP contribution in [0.2, 0.25) is 0 Å². The van der Waals surface area contributed by atoms with Crippen molar-refractivity contribution in [1.82, 2.24) is 0 Å². The number of oxime groups is 1. The van der Waals surface area contributed by atoms with E-state index < -0.39 is 0 Å². The van der Waals surface area contributed by atoms with Crippen LogP contribution in [0.1, 0.15) is 24.5 Å². The minimum absolute atomic E-state index is 0.857. The van der Waals surface area contributed by atoms with Gasteiger partial charge in [0.1, 0.15) is 7.11 Å². The molecule has 1 aromatic carbocycles. The van der Waals surface area contributed by atoms with Gasteiger partial charge in [0.15, 0.2) is 0 Å². The maximum absolute atomic E-state index is 4.80.